The minimum absolute atomic E-state index is 0.599. The van der Waals surface area contributed by atoms with Crippen molar-refractivity contribution in [3.8, 4) is 0 Å². The number of hydrogen-bond donors (Lipinski definition) is 2. The molecule has 1 saturated heterocycles. The number of aromatic nitrogens is 2. The second-order valence-corrected chi connectivity index (χ2v) is 8.12. The molecule has 3 N–H and O–H groups in total. The van der Waals surface area contributed by atoms with E-state index in [-0.39, 0.29) is 0 Å². The lowest BCUT2D eigenvalue weighted by Gasteiger charge is -2.27. The predicted molar refractivity (Wildman–Crippen MR) is 100 cm³/mol. The summed E-state index contributed by atoms with van der Waals surface area (Å²) >= 11 is 1.84. The predicted octanol–water partition coefficient (Wildman–Crippen LogP) is 2.73. The number of anilines is 1. The minimum Gasteiger partial charge on any atom is -0.383 e. The largest absolute Gasteiger partial charge is 0.383 e. The Morgan fingerprint density at radius 3 is 2.96 bits per heavy atom. The summed E-state index contributed by atoms with van der Waals surface area (Å²) in [5.74, 6) is 1.58. The molecule has 0 amide bonds. The topological polar surface area (TPSA) is 67.1 Å². The van der Waals surface area contributed by atoms with Crippen LogP contribution < -0.4 is 11.1 Å². The van der Waals surface area contributed by atoms with E-state index >= 15 is 0 Å². The number of nitrogen functional groups attached to an aromatic ring is 1. The van der Waals surface area contributed by atoms with Gasteiger partial charge in [-0.2, -0.15) is 0 Å². The zero-order valence-corrected chi connectivity index (χ0v) is 15.3. The highest BCUT2D eigenvalue weighted by molar-refractivity contribution is 7.19. The molecule has 6 heteroatoms. The summed E-state index contributed by atoms with van der Waals surface area (Å²) in [6.07, 6.45) is 7.24. The molecule has 4 rings (SSSR count). The Morgan fingerprint density at radius 1 is 1.29 bits per heavy atom. The SMILES string of the molecule is CCCN(Cc1nc(N)c2c3c(sc2n1)CCCC3)C1CCNC1. The Hall–Kier alpha value is -1.24. The van der Waals surface area contributed by atoms with Gasteiger partial charge >= 0.3 is 0 Å². The van der Waals surface area contributed by atoms with Gasteiger partial charge in [-0.15, -0.1) is 11.3 Å². The lowest BCUT2D eigenvalue weighted by molar-refractivity contribution is 0.195. The van der Waals surface area contributed by atoms with E-state index in [1.807, 2.05) is 11.3 Å². The number of fused-ring (bicyclic) bond motifs is 3. The number of hydrogen-bond acceptors (Lipinski definition) is 6. The molecule has 24 heavy (non-hydrogen) atoms. The molecule has 2 aliphatic rings. The summed E-state index contributed by atoms with van der Waals surface area (Å²) in [6, 6.07) is 0.599. The second kappa shape index (κ2) is 6.94. The molecule has 0 saturated carbocycles. The van der Waals surface area contributed by atoms with Crippen LogP contribution in [0.3, 0.4) is 0 Å². The van der Waals surface area contributed by atoms with Crippen LogP contribution in [0.1, 0.15) is 48.9 Å². The van der Waals surface area contributed by atoms with E-state index in [1.165, 1.54) is 36.1 Å². The van der Waals surface area contributed by atoms with Crippen molar-refractivity contribution in [1.82, 2.24) is 20.2 Å². The Kier molecular flexibility index (Phi) is 4.70. The first kappa shape index (κ1) is 16.2. The van der Waals surface area contributed by atoms with Crippen LogP contribution in [0.25, 0.3) is 10.2 Å². The molecule has 0 aromatic carbocycles. The smallest absolute Gasteiger partial charge is 0.146 e. The van der Waals surface area contributed by atoms with E-state index in [9.17, 15) is 0 Å². The highest BCUT2D eigenvalue weighted by Crippen LogP contribution is 2.37. The Morgan fingerprint density at radius 2 is 2.17 bits per heavy atom. The van der Waals surface area contributed by atoms with Gasteiger partial charge in [0, 0.05) is 17.5 Å². The fraction of sp³-hybridized carbons (Fsp3) is 0.667. The molecule has 1 aliphatic carbocycles. The van der Waals surface area contributed by atoms with Crippen molar-refractivity contribution < 1.29 is 0 Å². The van der Waals surface area contributed by atoms with Crippen molar-refractivity contribution in [3.05, 3.63) is 16.3 Å². The molecule has 0 bridgehead atoms. The van der Waals surface area contributed by atoms with E-state index in [2.05, 4.69) is 22.1 Å². The molecule has 1 unspecified atom stereocenters. The van der Waals surface area contributed by atoms with E-state index in [1.54, 1.807) is 0 Å². The number of rotatable bonds is 5. The highest BCUT2D eigenvalue weighted by Gasteiger charge is 2.24. The quantitative estimate of drug-likeness (QED) is 0.872. The van der Waals surface area contributed by atoms with Crippen molar-refractivity contribution in [2.24, 2.45) is 0 Å². The molecule has 1 fully saturated rings. The average molecular weight is 346 g/mol. The Labute approximate surface area is 147 Å². The maximum atomic E-state index is 6.35. The number of aryl methyl sites for hydroxylation is 2. The molecular formula is C18H27N5S. The number of nitrogens with zero attached hydrogens (tertiary/aromatic N) is 3. The van der Waals surface area contributed by atoms with Crippen LogP contribution in [0.2, 0.25) is 0 Å². The summed E-state index contributed by atoms with van der Waals surface area (Å²) in [4.78, 5) is 14.7. The number of nitrogens with one attached hydrogen (secondary N) is 1. The van der Waals surface area contributed by atoms with Crippen molar-refractivity contribution in [2.45, 2.75) is 58.0 Å². The van der Waals surface area contributed by atoms with E-state index in [0.717, 1.165) is 55.1 Å². The standard InChI is InChI=1S/C18H27N5S/c1-2-9-23(12-7-8-20-10-12)11-15-21-17(19)16-13-5-3-4-6-14(13)24-18(16)22-15/h12,20H,2-11H2,1H3,(H2,19,21,22). The zero-order valence-electron chi connectivity index (χ0n) is 14.5. The van der Waals surface area contributed by atoms with Crippen LogP contribution in [0, 0.1) is 0 Å². The molecule has 2 aromatic heterocycles. The van der Waals surface area contributed by atoms with E-state index < -0.39 is 0 Å². The van der Waals surface area contributed by atoms with Crippen molar-refractivity contribution in [3.63, 3.8) is 0 Å². The van der Waals surface area contributed by atoms with Gasteiger partial charge in [0.25, 0.3) is 0 Å². The fourth-order valence-electron chi connectivity index (χ4n) is 4.11. The van der Waals surface area contributed by atoms with Crippen LogP contribution in [-0.4, -0.2) is 40.5 Å². The lowest BCUT2D eigenvalue weighted by atomic mass is 9.97. The van der Waals surface area contributed by atoms with Gasteiger partial charge in [0.05, 0.1) is 11.9 Å². The van der Waals surface area contributed by atoms with Gasteiger partial charge in [-0.3, -0.25) is 4.90 Å². The third-order valence-corrected chi connectivity index (χ3v) is 6.48. The molecule has 0 radical (unpaired) electrons. The van der Waals surface area contributed by atoms with Crippen molar-refractivity contribution in [1.29, 1.82) is 0 Å². The highest BCUT2D eigenvalue weighted by atomic mass is 32.1. The first-order valence-corrected chi connectivity index (χ1v) is 10.1. The van der Waals surface area contributed by atoms with Crippen LogP contribution in [0.15, 0.2) is 0 Å². The second-order valence-electron chi connectivity index (χ2n) is 7.03. The third kappa shape index (κ3) is 3.03. The van der Waals surface area contributed by atoms with Crippen molar-refractivity contribution in [2.75, 3.05) is 25.4 Å². The zero-order chi connectivity index (χ0) is 16.5. The van der Waals surface area contributed by atoms with Crippen LogP contribution in [0.5, 0.6) is 0 Å². The number of nitrogens with two attached hydrogens (primary N) is 1. The Balaban J connectivity index is 1.64. The van der Waals surface area contributed by atoms with Crippen LogP contribution in [-0.2, 0) is 19.4 Å². The summed E-state index contributed by atoms with van der Waals surface area (Å²) < 4.78 is 0. The van der Waals surface area contributed by atoms with Gasteiger partial charge in [-0.1, -0.05) is 6.92 Å². The molecule has 0 spiro atoms. The van der Waals surface area contributed by atoms with Gasteiger partial charge in [0.2, 0.25) is 0 Å². The summed E-state index contributed by atoms with van der Waals surface area (Å²) in [6.45, 7) is 6.33. The minimum atomic E-state index is 0.599. The molecule has 3 heterocycles. The maximum absolute atomic E-state index is 6.35. The van der Waals surface area contributed by atoms with Gasteiger partial charge < -0.3 is 11.1 Å². The Bertz CT molecular complexity index is 720. The average Bonchev–Trinajstić information content (AvgIpc) is 3.22. The summed E-state index contributed by atoms with van der Waals surface area (Å²) in [5, 5.41) is 4.61. The molecule has 2 aromatic rings. The maximum Gasteiger partial charge on any atom is 0.146 e. The van der Waals surface area contributed by atoms with Gasteiger partial charge in [0.15, 0.2) is 0 Å². The molecular weight excluding hydrogens is 318 g/mol. The molecule has 5 nitrogen and oxygen atoms in total. The molecule has 1 aliphatic heterocycles. The molecule has 130 valence electrons. The van der Waals surface area contributed by atoms with Crippen LogP contribution in [0.4, 0.5) is 5.82 Å². The van der Waals surface area contributed by atoms with E-state index in [0.29, 0.717) is 11.9 Å². The van der Waals surface area contributed by atoms with Crippen LogP contribution >= 0.6 is 11.3 Å². The monoisotopic (exact) mass is 345 g/mol. The fourth-order valence-corrected chi connectivity index (χ4v) is 5.40. The molecule has 1 atom stereocenters. The third-order valence-electron chi connectivity index (χ3n) is 5.30. The van der Waals surface area contributed by atoms with Crippen molar-refractivity contribution >= 4 is 27.4 Å². The van der Waals surface area contributed by atoms with Gasteiger partial charge in [-0.05, 0) is 57.2 Å². The lowest BCUT2D eigenvalue weighted by Crippen LogP contribution is -2.37. The van der Waals surface area contributed by atoms with E-state index in [4.69, 9.17) is 10.7 Å². The first-order valence-electron chi connectivity index (χ1n) is 9.27. The number of thiophene rings is 1. The normalized spacial score (nSPS) is 20.8. The summed E-state index contributed by atoms with van der Waals surface area (Å²) in [5.41, 5.74) is 7.78. The summed E-state index contributed by atoms with van der Waals surface area (Å²) in [7, 11) is 0. The first-order chi connectivity index (χ1) is 11.8. The van der Waals surface area contributed by atoms with Gasteiger partial charge in [0.1, 0.15) is 16.5 Å². The van der Waals surface area contributed by atoms with Gasteiger partial charge in [-0.25, -0.2) is 9.97 Å².